The zero-order valence-corrected chi connectivity index (χ0v) is 10.3. The second-order valence-corrected chi connectivity index (χ2v) is 4.61. The second kappa shape index (κ2) is 5.16. The van der Waals surface area contributed by atoms with Gasteiger partial charge in [-0.2, -0.15) is 0 Å². The van der Waals surface area contributed by atoms with Gasteiger partial charge in [-0.1, -0.05) is 13.0 Å². The average Bonchev–Trinajstić information content (AvgIpc) is 3.19. The fourth-order valence-electron chi connectivity index (χ4n) is 1.85. The average molecular weight is 248 g/mol. The molecule has 0 atom stereocenters. The first-order valence-electron chi connectivity index (χ1n) is 6.17. The van der Waals surface area contributed by atoms with Crippen molar-refractivity contribution in [2.75, 3.05) is 6.54 Å². The summed E-state index contributed by atoms with van der Waals surface area (Å²) in [6, 6.07) is 4.46. The lowest BCUT2D eigenvalue weighted by molar-refractivity contribution is -0.384. The van der Waals surface area contributed by atoms with Crippen LogP contribution in [-0.4, -0.2) is 17.4 Å². The molecule has 1 aromatic rings. The zero-order valence-electron chi connectivity index (χ0n) is 10.3. The number of hydrogen-bond acceptors (Lipinski definition) is 3. The number of amides is 1. The largest absolute Gasteiger partial charge is 0.352 e. The summed E-state index contributed by atoms with van der Waals surface area (Å²) in [5, 5.41) is 13.6. The van der Waals surface area contributed by atoms with Crippen LogP contribution in [-0.2, 0) is 6.42 Å². The van der Waals surface area contributed by atoms with E-state index in [-0.39, 0.29) is 11.6 Å². The summed E-state index contributed by atoms with van der Waals surface area (Å²) in [4.78, 5) is 22.2. The van der Waals surface area contributed by atoms with Gasteiger partial charge in [0.15, 0.2) is 0 Å². The van der Waals surface area contributed by atoms with E-state index < -0.39 is 4.92 Å². The van der Waals surface area contributed by atoms with Crippen molar-refractivity contribution in [3.8, 4) is 0 Å². The van der Waals surface area contributed by atoms with Crippen LogP contribution in [0.5, 0.6) is 0 Å². The van der Waals surface area contributed by atoms with Gasteiger partial charge in [-0.15, -0.1) is 0 Å². The SMILES string of the molecule is CCc1ccc([N+](=O)[O-])cc1C(=O)NCC1CC1. The van der Waals surface area contributed by atoms with Crippen LogP contribution in [0.1, 0.15) is 35.7 Å². The van der Waals surface area contributed by atoms with Crippen LogP contribution in [0.3, 0.4) is 0 Å². The summed E-state index contributed by atoms with van der Waals surface area (Å²) in [6.45, 7) is 2.60. The molecule has 1 N–H and O–H groups in total. The molecule has 18 heavy (non-hydrogen) atoms. The van der Waals surface area contributed by atoms with Crippen LogP contribution in [0.15, 0.2) is 18.2 Å². The molecule has 1 aromatic carbocycles. The Morgan fingerprint density at radius 3 is 2.78 bits per heavy atom. The Morgan fingerprint density at radius 1 is 1.50 bits per heavy atom. The summed E-state index contributed by atoms with van der Waals surface area (Å²) in [6.07, 6.45) is 3.01. The molecule has 1 aliphatic rings. The van der Waals surface area contributed by atoms with Gasteiger partial charge in [0.05, 0.1) is 4.92 Å². The number of non-ortho nitro benzene ring substituents is 1. The lowest BCUT2D eigenvalue weighted by atomic mass is 10.0. The molecule has 0 unspecified atom stereocenters. The third-order valence-corrected chi connectivity index (χ3v) is 3.18. The molecule has 96 valence electrons. The van der Waals surface area contributed by atoms with Gasteiger partial charge < -0.3 is 5.32 Å². The molecule has 5 nitrogen and oxygen atoms in total. The van der Waals surface area contributed by atoms with Crippen molar-refractivity contribution in [3.63, 3.8) is 0 Å². The quantitative estimate of drug-likeness (QED) is 0.642. The van der Waals surface area contributed by atoms with Crippen LogP contribution < -0.4 is 5.32 Å². The first-order chi connectivity index (χ1) is 8.61. The molecule has 1 saturated carbocycles. The van der Waals surface area contributed by atoms with Gasteiger partial charge in [-0.3, -0.25) is 14.9 Å². The standard InChI is InChI=1S/C13H16N2O3/c1-2-10-5-6-11(15(17)18)7-12(10)13(16)14-8-9-3-4-9/h5-7,9H,2-4,8H2,1H3,(H,14,16). The first kappa shape index (κ1) is 12.5. The van der Waals surface area contributed by atoms with Crippen molar-refractivity contribution < 1.29 is 9.72 Å². The van der Waals surface area contributed by atoms with Gasteiger partial charge in [0.25, 0.3) is 11.6 Å². The van der Waals surface area contributed by atoms with Crippen molar-refractivity contribution in [2.24, 2.45) is 5.92 Å². The number of rotatable bonds is 5. The Labute approximate surface area is 105 Å². The van der Waals surface area contributed by atoms with E-state index >= 15 is 0 Å². The highest BCUT2D eigenvalue weighted by atomic mass is 16.6. The third kappa shape index (κ3) is 2.85. The lowest BCUT2D eigenvalue weighted by Gasteiger charge is -2.08. The molecule has 2 rings (SSSR count). The van der Waals surface area contributed by atoms with E-state index in [1.165, 1.54) is 12.1 Å². The van der Waals surface area contributed by atoms with Crippen molar-refractivity contribution >= 4 is 11.6 Å². The zero-order chi connectivity index (χ0) is 13.1. The van der Waals surface area contributed by atoms with Gasteiger partial charge in [0.2, 0.25) is 0 Å². The van der Waals surface area contributed by atoms with Crippen molar-refractivity contribution in [3.05, 3.63) is 39.4 Å². The topological polar surface area (TPSA) is 72.2 Å². The maximum atomic E-state index is 12.0. The summed E-state index contributed by atoms with van der Waals surface area (Å²) < 4.78 is 0. The number of carbonyl (C=O) groups is 1. The van der Waals surface area contributed by atoms with E-state index in [1.807, 2.05) is 6.92 Å². The predicted molar refractivity (Wildman–Crippen MR) is 67.5 cm³/mol. The van der Waals surface area contributed by atoms with Crippen LogP contribution in [0, 0.1) is 16.0 Å². The highest BCUT2D eigenvalue weighted by Gasteiger charge is 2.23. The highest BCUT2D eigenvalue weighted by molar-refractivity contribution is 5.96. The van der Waals surface area contributed by atoms with E-state index in [0.717, 1.165) is 18.4 Å². The second-order valence-electron chi connectivity index (χ2n) is 4.61. The minimum atomic E-state index is -0.475. The molecule has 5 heteroatoms. The van der Waals surface area contributed by atoms with E-state index in [2.05, 4.69) is 5.32 Å². The predicted octanol–water partition coefficient (Wildman–Crippen LogP) is 2.30. The van der Waals surface area contributed by atoms with Gasteiger partial charge in [-0.05, 0) is 30.7 Å². The number of nitrogens with zero attached hydrogens (tertiary/aromatic N) is 1. The monoisotopic (exact) mass is 248 g/mol. The minimum Gasteiger partial charge on any atom is -0.352 e. The maximum Gasteiger partial charge on any atom is 0.270 e. The highest BCUT2D eigenvalue weighted by Crippen LogP contribution is 2.27. The minimum absolute atomic E-state index is 0.0382. The van der Waals surface area contributed by atoms with Crippen LogP contribution >= 0.6 is 0 Å². The normalized spacial score (nSPS) is 14.3. The number of carbonyl (C=O) groups excluding carboxylic acids is 1. The Balaban J connectivity index is 2.18. The van der Waals surface area contributed by atoms with Crippen molar-refractivity contribution in [1.29, 1.82) is 0 Å². The molecule has 0 bridgehead atoms. The molecule has 0 radical (unpaired) electrons. The van der Waals surface area contributed by atoms with Crippen molar-refractivity contribution in [1.82, 2.24) is 5.32 Å². The first-order valence-corrected chi connectivity index (χ1v) is 6.17. The molecular formula is C13H16N2O3. The molecular weight excluding hydrogens is 232 g/mol. The van der Waals surface area contributed by atoms with Crippen molar-refractivity contribution in [2.45, 2.75) is 26.2 Å². The molecule has 1 amide bonds. The molecule has 0 spiro atoms. The Bertz CT molecular complexity index is 481. The number of aryl methyl sites for hydroxylation is 1. The number of hydrogen-bond donors (Lipinski definition) is 1. The van der Waals surface area contributed by atoms with Gasteiger partial charge in [-0.25, -0.2) is 0 Å². The summed E-state index contributed by atoms with van der Waals surface area (Å²) in [5.74, 6) is 0.389. The Morgan fingerprint density at radius 2 is 2.22 bits per heavy atom. The fraction of sp³-hybridized carbons (Fsp3) is 0.462. The summed E-state index contributed by atoms with van der Waals surface area (Å²) in [5.41, 5.74) is 1.23. The van der Waals surface area contributed by atoms with Gasteiger partial charge in [0, 0.05) is 24.2 Å². The van der Waals surface area contributed by atoms with E-state index in [0.29, 0.717) is 24.4 Å². The van der Waals surface area contributed by atoms with Gasteiger partial charge in [0.1, 0.15) is 0 Å². The molecule has 0 aliphatic heterocycles. The smallest absolute Gasteiger partial charge is 0.270 e. The van der Waals surface area contributed by atoms with E-state index in [4.69, 9.17) is 0 Å². The molecule has 1 fully saturated rings. The fourth-order valence-corrected chi connectivity index (χ4v) is 1.85. The van der Waals surface area contributed by atoms with Crippen LogP contribution in [0.2, 0.25) is 0 Å². The van der Waals surface area contributed by atoms with Gasteiger partial charge >= 0.3 is 0 Å². The lowest BCUT2D eigenvalue weighted by Crippen LogP contribution is -2.26. The number of nitrogens with one attached hydrogen (secondary N) is 1. The number of nitro benzene ring substituents is 1. The summed E-state index contributed by atoms with van der Waals surface area (Å²) >= 11 is 0. The van der Waals surface area contributed by atoms with E-state index in [1.54, 1.807) is 6.07 Å². The molecule has 0 heterocycles. The molecule has 0 aromatic heterocycles. The molecule has 1 aliphatic carbocycles. The Hall–Kier alpha value is -1.91. The number of nitro groups is 1. The Kier molecular flexibility index (Phi) is 3.60. The van der Waals surface area contributed by atoms with Crippen LogP contribution in [0.4, 0.5) is 5.69 Å². The van der Waals surface area contributed by atoms with Crippen LogP contribution in [0.25, 0.3) is 0 Å². The third-order valence-electron chi connectivity index (χ3n) is 3.18. The summed E-state index contributed by atoms with van der Waals surface area (Å²) in [7, 11) is 0. The molecule has 0 saturated heterocycles. The number of benzene rings is 1. The maximum absolute atomic E-state index is 12.0. The van der Waals surface area contributed by atoms with E-state index in [9.17, 15) is 14.9 Å².